The second-order valence-electron chi connectivity index (χ2n) is 6.20. The van der Waals surface area contributed by atoms with E-state index in [4.69, 9.17) is 9.47 Å². The maximum absolute atomic E-state index is 12.5. The van der Waals surface area contributed by atoms with Crippen LogP contribution >= 0.6 is 0 Å². The summed E-state index contributed by atoms with van der Waals surface area (Å²) in [5.41, 5.74) is 1.65. The fourth-order valence-electron chi connectivity index (χ4n) is 2.71. The van der Waals surface area contributed by atoms with Crippen LogP contribution in [0.5, 0.6) is 11.5 Å². The highest BCUT2D eigenvalue weighted by molar-refractivity contribution is 6.04. The molecule has 5 nitrogen and oxygen atoms in total. The zero-order chi connectivity index (χ0) is 19.9. The van der Waals surface area contributed by atoms with Crippen molar-refractivity contribution < 1.29 is 19.1 Å². The first-order valence-electron chi connectivity index (χ1n) is 8.88. The lowest BCUT2D eigenvalue weighted by Crippen LogP contribution is -2.23. The number of carbonyl (C=O) groups is 2. The summed E-state index contributed by atoms with van der Waals surface area (Å²) >= 11 is 0. The molecule has 142 valence electrons. The molecule has 3 rings (SSSR count). The van der Waals surface area contributed by atoms with Crippen molar-refractivity contribution >= 4 is 17.4 Å². The fourth-order valence-corrected chi connectivity index (χ4v) is 2.71. The molecule has 1 amide bonds. The predicted octanol–water partition coefficient (Wildman–Crippen LogP) is 4.60. The molecule has 5 heteroatoms. The Morgan fingerprint density at radius 1 is 0.821 bits per heavy atom. The molecule has 0 fully saturated rings. The Morgan fingerprint density at radius 2 is 1.50 bits per heavy atom. The number of Topliss-reactive ketones (excluding diaryl/α,β-unsaturated/α-hetero) is 1. The Hall–Kier alpha value is -3.60. The molecule has 0 aliphatic heterocycles. The van der Waals surface area contributed by atoms with Crippen molar-refractivity contribution in [3.8, 4) is 11.5 Å². The van der Waals surface area contributed by atoms with Crippen LogP contribution in [0.15, 0.2) is 78.9 Å². The minimum Gasteiger partial charge on any atom is -0.497 e. The van der Waals surface area contributed by atoms with Crippen LogP contribution in [0.2, 0.25) is 0 Å². The number of methoxy groups -OCH3 is 1. The molecule has 0 heterocycles. The molecule has 0 spiro atoms. The number of hydrogen-bond donors (Lipinski definition) is 1. The van der Waals surface area contributed by atoms with Crippen LogP contribution in [0.3, 0.4) is 0 Å². The number of benzene rings is 3. The number of ether oxygens (including phenoxy) is 2. The minimum atomic E-state index is -0.647. The molecule has 0 bridgehead atoms. The van der Waals surface area contributed by atoms with Crippen LogP contribution in [0, 0.1) is 0 Å². The number of rotatable bonds is 7. The van der Waals surface area contributed by atoms with Gasteiger partial charge in [-0.15, -0.1) is 0 Å². The maximum atomic E-state index is 12.5. The Kier molecular flexibility index (Phi) is 6.07. The number of amides is 1. The van der Waals surface area contributed by atoms with Gasteiger partial charge in [0.2, 0.25) is 5.78 Å². The molecule has 3 aromatic carbocycles. The molecule has 1 atom stereocenters. The third-order valence-electron chi connectivity index (χ3n) is 4.16. The summed E-state index contributed by atoms with van der Waals surface area (Å²) in [5, 5.41) is 2.82. The number of carbonyl (C=O) groups excluding carboxylic acids is 2. The van der Waals surface area contributed by atoms with Gasteiger partial charge in [-0.3, -0.25) is 9.59 Å². The molecular weight excluding hydrogens is 354 g/mol. The van der Waals surface area contributed by atoms with Gasteiger partial charge in [0.1, 0.15) is 11.5 Å². The van der Waals surface area contributed by atoms with Crippen LogP contribution in [0.1, 0.15) is 27.6 Å². The van der Waals surface area contributed by atoms with Gasteiger partial charge < -0.3 is 14.8 Å². The van der Waals surface area contributed by atoms with Crippen molar-refractivity contribution in [1.29, 1.82) is 0 Å². The van der Waals surface area contributed by atoms with Crippen molar-refractivity contribution in [2.75, 3.05) is 12.4 Å². The molecular formula is C23H21NO4. The fraction of sp³-hybridized carbons (Fsp3) is 0.130. The summed E-state index contributed by atoms with van der Waals surface area (Å²) < 4.78 is 10.9. The van der Waals surface area contributed by atoms with Crippen molar-refractivity contribution in [1.82, 2.24) is 0 Å². The van der Waals surface area contributed by atoms with Crippen LogP contribution < -0.4 is 14.8 Å². The molecule has 28 heavy (non-hydrogen) atoms. The Balaban J connectivity index is 1.68. The third-order valence-corrected chi connectivity index (χ3v) is 4.16. The summed E-state index contributed by atoms with van der Waals surface area (Å²) in [5.74, 6) is 0.745. The van der Waals surface area contributed by atoms with Crippen LogP contribution in [-0.4, -0.2) is 24.9 Å². The van der Waals surface area contributed by atoms with Gasteiger partial charge in [-0.1, -0.05) is 42.5 Å². The van der Waals surface area contributed by atoms with Gasteiger partial charge in [-0.2, -0.15) is 0 Å². The van der Waals surface area contributed by atoms with Crippen LogP contribution in [0.25, 0.3) is 0 Å². The average molecular weight is 375 g/mol. The lowest BCUT2D eigenvalue weighted by molar-refractivity contribution is 0.0818. The predicted molar refractivity (Wildman–Crippen MR) is 108 cm³/mol. The first-order valence-corrected chi connectivity index (χ1v) is 8.88. The van der Waals surface area contributed by atoms with E-state index >= 15 is 0 Å². The average Bonchev–Trinajstić information content (AvgIpc) is 2.74. The zero-order valence-electron chi connectivity index (χ0n) is 15.7. The van der Waals surface area contributed by atoms with Gasteiger partial charge in [0.25, 0.3) is 5.91 Å². The summed E-state index contributed by atoms with van der Waals surface area (Å²) in [4.78, 5) is 24.9. The summed E-state index contributed by atoms with van der Waals surface area (Å²) in [6.45, 7) is 1.71. The third kappa shape index (κ3) is 4.76. The van der Waals surface area contributed by atoms with Crippen molar-refractivity contribution in [2.24, 2.45) is 0 Å². The van der Waals surface area contributed by atoms with Crippen molar-refractivity contribution in [2.45, 2.75) is 13.0 Å². The van der Waals surface area contributed by atoms with Gasteiger partial charge in [0, 0.05) is 22.9 Å². The molecule has 0 aliphatic rings. The second-order valence-corrected chi connectivity index (χ2v) is 6.20. The second kappa shape index (κ2) is 8.86. The number of ketones is 1. The van der Waals surface area contributed by atoms with E-state index in [1.54, 1.807) is 74.7 Å². The normalized spacial score (nSPS) is 11.4. The monoisotopic (exact) mass is 375 g/mol. The lowest BCUT2D eigenvalue weighted by atomic mass is 10.1. The Morgan fingerprint density at radius 3 is 2.25 bits per heavy atom. The van der Waals surface area contributed by atoms with E-state index in [1.165, 1.54) is 0 Å². The van der Waals surface area contributed by atoms with Gasteiger partial charge in [-0.05, 0) is 37.3 Å². The molecule has 0 aromatic heterocycles. The topological polar surface area (TPSA) is 64.6 Å². The van der Waals surface area contributed by atoms with Gasteiger partial charge in [0.15, 0.2) is 6.10 Å². The van der Waals surface area contributed by atoms with E-state index < -0.39 is 6.10 Å². The molecule has 3 aromatic rings. The molecule has 0 saturated heterocycles. The largest absolute Gasteiger partial charge is 0.497 e. The van der Waals surface area contributed by atoms with E-state index in [0.29, 0.717) is 28.3 Å². The first-order chi connectivity index (χ1) is 13.6. The van der Waals surface area contributed by atoms with E-state index in [0.717, 1.165) is 0 Å². The number of nitrogens with one attached hydrogen (secondary N) is 1. The van der Waals surface area contributed by atoms with Gasteiger partial charge in [-0.25, -0.2) is 0 Å². The quantitative estimate of drug-likeness (QED) is 0.613. The summed E-state index contributed by atoms with van der Waals surface area (Å²) in [6.07, 6.45) is -0.647. The van der Waals surface area contributed by atoms with Gasteiger partial charge >= 0.3 is 0 Å². The molecule has 1 unspecified atom stereocenters. The zero-order valence-corrected chi connectivity index (χ0v) is 15.7. The van der Waals surface area contributed by atoms with E-state index in [1.807, 2.05) is 18.2 Å². The highest BCUT2D eigenvalue weighted by Crippen LogP contribution is 2.21. The summed E-state index contributed by atoms with van der Waals surface area (Å²) in [6, 6.07) is 22.9. The number of anilines is 1. The highest BCUT2D eigenvalue weighted by Gasteiger charge is 2.17. The molecule has 1 N–H and O–H groups in total. The lowest BCUT2D eigenvalue weighted by Gasteiger charge is -2.15. The van der Waals surface area contributed by atoms with Crippen molar-refractivity contribution in [3.05, 3.63) is 90.0 Å². The first kappa shape index (κ1) is 19.2. The standard InChI is InChI=1S/C23H21NO4/c1-16(22(25)17-8-4-3-5-9-17)28-21-13-7-11-19(15-21)24-23(26)18-10-6-12-20(14-18)27-2/h3-16H,1-2H3,(H,24,26). The minimum absolute atomic E-state index is 0.105. The Labute approximate surface area is 163 Å². The number of hydrogen-bond acceptors (Lipinski definition) is 4. The van der Waals surface area contributed by atoms with E-state index in [2.05, 4.69) is 5.32 Å². The summed E-state index contributed by atoms with van der Waals surface area (Å²) in [7, 11) is 1.55. The van der Waals surface area contributed by atoms with Gasteiger partial charge in [0.05, 0.1) is 7.11 Å². The molecule has 0 radical (unpaired) electrons. The van der Waals surface area contributed by atoms with E-state index in [-0.39, 0.29) is 11.7 Å². The van der Waals surface area contributed by atoms with Crippen LogP contribution in [0.4, 0.5) is 5.69 Å². The maximum Gasteiger partial charge on any atom is 0.255 e. The SMILES string of the molecule is COc1cccc(C(=O)Nc2cccc(OC(C)C(=O)c3ccccc3)c2)c1. The Bertz CT molecular complexity index is 969. The molecule has 0 aliphatic carbocycles. The van der Waals surface area contributed by atoms with E-state index in [9.17, 15) is 9.59 Å². The molecule has 0 saturated carbocycles. The van der Waals surface area contributed by atoms with Crippen LogP contribution in [-0.2, 0) is 0 Å². The van der Waals surface area contributed by atoms with Crippen molar-refractivity contribution in [3.63, 3.8) is 0 Å². The highest BCUT2D eigenvalue weighted by atomic mass is 16.5. The smallest absolute Gasteiger partial charge is 0.255 e.